The Bertz CT molecular complexity index is 578. The Morgan fingerprint density at radius 3 is 2.46 bits per heavy atom. The second kappa shape index (κ2) is 8.48. The van der Waals surface area contributed by atoms with Gasteiger partial charge in [-0.05, 0) is 36.3 Å². The van der Waals surface area contributed by atoms with Crippen LogP contribution in [0.5, 0.6) is 0 Å². The van der Waals surface area contributed by atoms with Crippen molar-refractivity contribution in [3.63, 3.8) is 0 Å². The smallest absolute Gasteiger partial charge is 0.241 e. The van der Waals surface area contributed by atoms with Gasteiger partial charge in [0.2, 0.25) is 5.91 Å². The molecule has 1 atom stereocenters. The first kappa shape index (κ1) is 17.9. The minimum absolute atomic E-state index is 0.0312. The molecule has 1 aliphatic heterocycles. The van der Waals surface area contributed by atoms with Crippen LogP contribution in [0.2, 0.25) is 0 Å². The van der Waals surface area contributed by atoms with Crippen LogP contribution in [0.25, 0.3) is 0 Å². The van der Waals surface area contributed by atoms with E-state index in [1.807, 2.05) is 4.90 Å². The molecule has 1 aromatic carbocycles. The number of aryl methyl sites for hydroxylation is 1. The van der Waals surface area contributed by atoms with Gasteiger partial charge in [0.1, 0.15) is 4.32 Å². The lowest BCUT2D eigenvalue weighted by molar-refractivity contribution is -0.126. The number of carbonyl (C=O) groups is 1. The number of thioether (sulfide) groups is 1. The van der Waals surface area contributed by atoms with Crippen LogP contribution >= 0.6 is 24.0 Å². The molecule has 2 nitrogen and oxygen atoms in total. The zero-order chi connectivity index (χ0) is 16.9. The van der Waals surface area contributed by atoms with Gasteiger partial charge in [0.25, 0.3) is 0 Å². The van der Waals surface area contributed by atoms with Crippen LogP contribution in [0.15, 0.2) is 24.3 Å². The lowest BCUT2D eigenvalue weighted by Gasteiger charge is -2.24. The fraction of sp³-hybridized carbons (Fsp3) is 0.600. The maximum atomic E-state index is 12.7. The third-order valence-electron chi connectivity index (χ3n) is 5.34. The lowest BCUT2D eigenvalue weighted by atomic mass is 9.87. The highest BCUT2D eigenvalue weighted by atomic mass is 32.2. The molecule has 130 valence electrons. The maximum absolute atomic E-state index is 12.7. The number of nitrogens with zero attached hydrogens (tertiary/aromatic N) is 1. The van der Waals surface area contributed by atoms with Crippen molar-refractivity contribution in [1.29, 1.82) is 0 Å². The van der Waals surface area contributed by atoms with Gasteiger partial charge < -0.3 is 0 Å². The van der Waals surface area contributed by atoms with E-state index in [4.69, 9.17) is 12.2 Å². The molecular weight excluding hydrogens is 334 g/mol. The van der Waals surface area contributed by atoms with E-state index >= 15 is 0 Å². The third-order valence-corrected chi connectivity index (χ3v) is 6.93. The molecule has 1 saturated heterocycles. The molecule has 1 aliphatic carbocycles. The summed E-state index contributed by atoms with van der Waals surface area (Å²) in [6.07, 6.45) is 9.70. The predicted molar refractivity (Wildman–Crippen MR) is 106 cm³/mol. The quantitative estimate of drug-likeness (QED) is 0.666. The molecule has 4 heteroatoms. The molecule has 0 unspecified atom stereocenters. The minimum atomic E-state index is -0.0312. The fourth-order valence-corrected chi connectivity index (χ4v) is 5.33. The summed E-state index contributed by atoms with van der Waals surface area (Å²) in [4.78, 5) is 14.6. The van der Waals surface area contributed by atoms with E-state index < -0.39 is 0 Å². The number of benzene rings is 1. The first-order valence-corrected chi connectivity index (χ1v) is 10.6. The summed E-state index contributed by atoms with van der Waals surface area (Å²) < 4.78 is 0.783. The van der Waals surface area contributed by atoms with E-state index in [0.717, 1.165) is 36.0 Å². The van der Waals surface area contributed by atoms with Gasteiger partial charge in [0, 0.05) is 6.54 Å². The number of thiocarbonyl (C=S) groups is 1. The van der Waals surface area contributed by atoms with Crippen molar-refractivity contribution >= 4 is 34.2 Å². The van der Waals surface area contributed by atoms with Crippen molar-refractivity contribution in [2.45, 2.75) is 63.5 Å². The van der Waals surface area contributed by atoms with Crippen LogP contribution in [-0.4, -0.2) is 26.9 Å². The van der Waals surface area contributed by atoms with Crippen LogP contribution in [0, 0.1) is 5.92 Å². The molecule has 0 N–H and O–H groups in total. The number of hydrogen-bond donors (Lipinski definition) is 0. The van der Waals surface area contributed by atoms with Crippen LogP contribution < -0.4 is 0 Å². The standard InChI is InChI=1S/C20H27NOS2/c1-2-15-8-10-17(11-9-15)14-18-19(22)21(20(23)24-18)13-12-16-6-4-3-5-7-16/h8-11,16,18H,2-7,12-14H2,1H3/t18-/m1/s1. The number of carbonyl (C=O) groups excluding carboxylic acids is 1. The van der Waals surface area contributed by atoms with E-state index in [1.54, 1.807) is 11.8 Å². The number of rotatable bonds is 6. The molecule has 2 aliphatic rings. The summed E-state index contributed by atoms with van der Waals surface area (Å²) in [5, 5.41) is -0.0312. The summed E-state index contributed by atoms with van der Waals surface area (Å²) in [6.45, 7) is 2.98. The molecule has 2 fully saturated rings. The second-order valence-electron chi connectivity index (χ2n) is 7.03. The first-order chi connectivity index (χ1) is 11.7. The number of amides is 1. The van der Waals surface area contributed by atoms with Crippen LogP contribution in [0.3, 0.4) is 0 Å². The first-order valence-electron chi connectivity index (χ1n) is 9.27. The zero-order valence-corrected chi connectivity index (χ0v) is 16.1. The third kappa shape index (κ3) is 4.40. The molecule has 0 radical (unpaired) electrons. The summed E-state index contributed by atoms with van der Waals surface area (Å²) in [7, 11) is 0. The monoisotopic (exact) mass is 361 g/mol. The highest BCUT2D eigenvalue weighted by Gasteiger charge is 2.36. The van der Waals surface area contributed by atoms with Crippen LogP contribution in [-0.2, 0) is 17.6 Å². The summed E-state index contributed by atoms with van der Waals surface area (Å²) in [6, 6.07) is 8.64. The normalized spacial score (nSPS) is 22.4. The van der Waals surface area contributed by atoms with Gasteiger partial charge in [-0.25, -0.2) is 0 Å². The molecule has 0 spiro atoms. The van der Waals surface area contributed by atoms with E-state index in [9.17, 15) is 4.79 Å². The Kier molecular flexibility index (Phi) is 6.34. The molecule has 1 aromatic rings. The number of hydrogen-bond acceptors (Lipinski definition) is 3. The van der Waals surface area contributed by atoms with Crippen molar-refractivity contribution in [1.82, 2.24) is 4.90 Å². The summed E-state index contributed by atoms with van der Waals surface area (Å²) in [5.41, 5.74) is 2.57. The Hall–Kier alpha value is -0.870. The fourth-order valence-electron chi connectivity index (χ4n) is 3.74. The van der Waals surface area contributed by atoms with Gasteiger partial charge in [-0.2, -0.15) is 0 Å². The Labute approximate surface area is 155 Å². The van der Waals surface area contributed by atoms with Gasteiger partial charge >= 0.3 is 0 Å². The summed E-state index contributed by atoms with van der Waals surface area (Å²) >= 11 is 7.07. The van der Waals surface area contributed by atoms with Crippen LogP contribution in [0.4, 0.5) is 0 Å². The maximum Gasteiger partial charge on any atom is 0.241 e. The highest BCUT2D eigenvalue weighted by molar-refractivity contribution is 8.24. The Morgan fingerprint density at radius 1 is 1.12 bits per heavy atom. The van der Waals surface area contributed by atoms with Crippen molar-refractivity contribution in [2.24, 2.45) is 5.92 Å². The Balaban J connectivity index is 1.54. The van der Waals surface area contributed by atoms with Gasteiger partial charge in [-0.15, -0.1) is 0 Å². The van der Waals surface area contributed by atoms with Gasteiger partial charge in [0.15, 0.2) is 0 Å². The average molecular weight is 362 g/mol. The molecule has 1 heterocycles. The van der Waals surface area contributed by atoms with Crippen molar-refractivity contribution in [3.8, 4) is 0 Å². The van der Waals surface area contributed by atoms with Gasteiger partial charge in [0.05, 0.1) is 5.25 Å². The van der Waals surface area contributed by atoms with E-state index in [-0.39, 0.29) is 11.2 Å². The molecule has 24 heavy (non-hydrogen) atoms. The molecule has 0 bridgehead atoms. The highest BCUT2D eigenvalue weighted by Crippen LogP contribution is 2.32. The van der Waals surface area contributed by atoms with E-state index in [2.05, 4.69) is 31.2 Å². The average Bonchev–Trinajstić information content (AvgIpc) is 2.88. The van der Waals surface area contributed by atoms with Crippen LogP contribution in [0.1, 0.15) is 56.6 Å². The molecular formula is C20H27NOS2. The van der Waals surface area contributed by atoms with Crippen molar-refractivity contribution < 1.29 is 4.79 Å². The van der Waals surface area contributed by atoms with E-state index in [1.165, 1.54) is 43.2 Å². The van der Waals surface area contributed by atoms with Gasteiger partial charge in [-0.1, -0.05) is 87.3 Å². The molecule has 1 amide bonds. The zero-order valence-electron chi connectivity index (χ0n) is 14.5. The summed E-state index contributed by atoms with van der Waals surface area (Å²) in [5.74, 6) is 1.01. The molecule has 1 saturated carbocycles. The van der Waals surface area contributed by atoms with Crippen molar-refractivity contribution in [2.75, 3.05) is 6.54 Å². The second-order valence-corrected chi connectivity index (χ2v) is 8.87. The van der Waals surface area contributed by atoms with Crippen molar-refractivity contribution in [3.05, 3.63) is 35.4 Å². The Morgan fingerprint density at radius 2 is 1.79 bits per heavy atom. The largest absolute Gasteiger partial charge is 0.297 e. The molecule has 3 rings (SSSR count). The molecule has 0 aromatic heterocycles. The topological polar surface area (TPSA) is 20.3 Å². The minimum Gasteiger partial charge on any atom is -0.297 e. The SMILES string of the molecule is CCc1ccc(C[C@H]2SC(=S)N(CCC3CCCCC3)C2=O)cc1. The van der Waals surface area contributed by atoms with Gasteiger partial charge in [-0.3, -0.25) is 9.69 Å². The van der Waals surface area contributed by atoms with E-state index in [0.29, 0.717) is 0 Å². The predicted octanol–water partition coefficient (Wildman–Crippen LogP) is 4.99. The lowest BCUT2D eigenvalue weighted by Crippen LogP contribution is -2.34.